The zero-order valence-corrected chi connectivity index (χ0v) is 13.9. The van der Waals surface area contributed by atoms with Crippen molar-refractivity contribution in [3.8, 4) is 0 Å². The van der Waals surface area contributed by atoms with Crippen LogP contribution in [0.25, 0.3) is 21.9 Å². The maximum atomic E-state index is 12.0. The molecule has 0 aliphatic carbocycles. The molecule has 5 nitrogen and oxygen atoms in total. The molecule has 23 heavy (non-hydrogen) atoms. The Labute approximate surface area is 135 Å². The molecule has 0 saturated carbocycles. The van der Waals surface area contributed by atoms with Crippen molar-refractivity contribution in [3.63, 3.8) is 0 Å². The summed E-state index contributed by atoms with van der Waals surface area (Å²) in [5.74, 6) is 1.17. The summed E-state index contributed by atoms with van der Waals surface area (Å²) < 4.78 is 2.20. The lowest BCUT2D eigenvalue weighted by Crippen LogP contribution is -2.23. The smallest absolute Gasteiger partial charge is 0.223 e. The number of aromatic nitrogens is 3. The van der Waals surface area contributed by atoms with Crippen LogP contribution < -0.4 is 0 Å². The molecule has 3 rings (SSSR count). The minimum atomic E-state index is 0.132. The predicted octanol–water partition coefficient (Wildman–Crippen LogP) is 3.02. The van der Waals surface area contributed by atoms with E-state index >= 15 is 0 Å². The van der Waals surface area contributed by atoms with Gasteiger partial charge >= 0.3 is 0 Å². The molecular weight excluding hydrogens is 288 g/mol. The van der Waals surface area contributed by atoms with Gasteiger partial charge in [0, 0.05) is 38.9 Å². The van der Waals surface area contributed by atoms with Crippen molar-refractivity contribution in [2.45, 2.75) is 32.7 Å². The third-order valence-electron chi connectivity index (χ3n) is 4.08. The van der Waals surface area contributed by atoms with Crippen molar-refractivity contribution < 1.29 is 4.79 Å². The fraction of sp³-hybridized carbons (Fsp3) is 0.389. The number of nitrogens with zero attached hydrogens (tertiary/aromatic N) is 4. The van der Waals surface area contributed by atoms with Crippen LogP contribution in [-0.4, -0.2) is 39.4 Å². The van der Waals surface area contributed by atoms with Gasteiger partial charge in [0.1, 0.15) is 11.3 Å². The Balaban J connectivity index is 2.13. The molecule has 2 heterocycles. The number of carbonyl (C=O) groups excluding carboxylic acids is 1. The molecule has 2 aromatic heterocycles. The van der Waals surface area contributed by atoms with E-state index in [9.17, 15) is 4.79 Å². The molecular formula is C18H22N4O. The quantitative estimate of drug-likeness (QED) is 0.728. The molecule has 1 amide bonds. The summed E-state index contributed by atoms with van der Waals surface area (Å²) >= 11 is 0. The molecule has 0 N–H and O–H groups in total. The summed E-state index contributed by atoms with van der Waals surface area (Å²) in [5.41, 5.74) is 2.96. The van der Waals surface area contributed by atoms with E-state index < -0.39 is 0 Å². The number of para-hydroxylation sites is 1. The number of hydrogen-bond donors (Lipinski definition) is 0. The van der Waals surface area contributed by atoms with Crippen LogP contribution in [0.4, 0.5) is 0 Å². The molecule has 0 fully saturated rings. The second-order valence-corrected chi connectivity index (χ2v) is 5.98. The van der Waals surface area contributed by atoms with E-state index in [4.69, 9.17) is 4.98 Å². The maximum Gasteiger partial charge on any atom is 0.223 e. The molecule has 1 aromatic carbocycles. The fourth-order valence-electron chi connectivity index (χ4n) is 2.90. The Kier molecular flexibility index (Phi) is 4.28. The van der Waals surface area contributed by atoms with E-state index in [2.05, 4.69) is 22.5 Å². The van der Waals surface area contributed by atoms with Crippen LogP contribution in [0.1, 0.15) is 25.6 Å². The SMILES string of the molecule is CCCc1nc2cnc3ccccc3c2n1CCC(=O)N(C)C. The van der Waals surface area contributed by atoms with Crippen molar-refractivity contribution in [1.29, 1.82) is 0 Å². The highest BCUT2D eigenvalue weighted by molar-refractivity contribution is 6.02. The molecule has 0 saturated heterocycles. The van der Waals surface area contributed by atoms with Crippen LogP contribution in [0.2, 0.25) is 0 Å². The zero-order valence-electron chi connectivity index (χ0n) is 13.9. The molecule has 0 atom stereocenters. The van der Waals surface area contributed by atoms with Crippen molar-refractivity contribution in [2.24, 2.45) is 0 Å². The summed E-state index contributed by atoms with van der Waals surface area (Å²) in [7, 11) is 3.58. The molecule has 5 heteroatoms. The maximum absolute atomic E-state index is 12.0. The Morgan fingerprint density at radius 3 is 2.74 bits per heavy atom. The van der Waals surface area contributed by atoms with Crippen LogP contribution in [0.15, 0.2) is 30.5 Å². The number of fused-ring (bicyclic) bond motifs is 3. The topological polar surface area (TPSA) is 51.0 Å². The van der Waals surface area contributed by atoms with E-state index in [1.165, 1.54) is 0 Å². The molecule has 120 valence electrons. The lowest BCUT2D eigenvalue weighted by molar-refractivity contribution is -0.128. The molecule has 0 aliphatic heterocycles. The highest BCUT2D eigenvalue weighted by Gasteiger charge is 2.15. The second kappa shape index (κ2) is 6.36. The number of carbonyl (C=O) groups is 1. The van der Waals surface area contributed by atoms with Gasteiger partial charge in [-0.1, -0.05) is 25.1 Å². The van der Waals surface area contributed by atoms with Crippen molar-refractivity contribution >= 4 is 27.8 Å². The number of rotatable bonds is 5. The molecule has 0 radical (unpaired) electrons. The standard InChI is InChI=1S/C18H22N4O/c1-4-7-16-20-15-12-19-14-9-6-5-8-13(14)18(15)22(16)11-10-17(23)21(2)3/h5-6,8-9,12H,4,7,10-11H2,1-3H3. The summed E-state index contributed by atoms with van der Waals surface area (Å²) in [6.45, 7) is 2.79. The average molecular weight is 310 g/mol. The fourth-order valence-corrected chi connectivity index (χ4v) is 2.90. The van der Waals surface area contributed by atoms with Gasteiger partial charge in [-0.15, -0.1) is 0 Å². The Morgan fingerprint density at radius 2 is 2.00 bits per heavy atom. The third-order valence-corrected chi connectivity index (χ3v) is 4.08. The number of amides is 1. The van der Waals surface area contributed by atoms with E-state index in [0.29, 0.717) is 13.0 Å². The summed E-state index contributed by atoms with van der Waals surface area (Å²) in [4.78, 5) is 22.9. The Hall–Kier alpha value is -2.43. The van der Waals surface area contributed by atoms with Gasteiger partial charge in [0.2, 0.25) is 5.91 Å². The molecule has 0 aliphatic rings. The molecule has 0 bridgehead atoms. The number of aryl methyl sites for hydroxylation is 2. The normalized spacial score (nSPS) is 11.3. The van der Waals surface area contributed by atoms with Gasteiger partial charge in [-0.3, -0.25) is 9.78 Å². The zero-order chi connectivity index (χ0) is 16.4. The highest BCUT2D eigenvalue weighted by atomic mass is 16.2. The summed E-state index contributed by atoms with van der Waals surface area (Å²) in [6, 6.07) is 8.10. The van der Waals surface area contributed by atoms with E-state index in [1.807, 2.05) is 24.4 Å². The van der Waals surface area contributed by atoms with E-state index in [1.54, 1.807) is 19.0 Å². The third kappa shape index (κ3) is 2.91. The summed E-state index contributed by atoms with van der Waals surface area (Å²) in [6.07, 6.45) is 4.24. The van der Waals surface area contributed by atoms with Gasteiger partial charge < -0.3 is 9.47 Å². The van der Waals surface area contributed by atoms with E-state index in [0.717, 1.165) is 40.6 Å². The first kappa shape index (κ1) is 15.5. The number of pyridine rings is 1. The first-order valence-corrected chi connectivity index (χ1v) is 8.04. The molecule has 3 aromatic rings. The molecule has 0 unspecified atom stereocenters. The van der Waals surface area contributed by atoms with Crippen molar-refractivity contribution in [2.75, 3.05) is 14.1 Å². The van der Waals surface area contributed by atoms with Crippen LogP contribution in [-0.2, 0) is 17.8 Å². The van der Waals surface area contributed by atoms with Crippen molar-refractivity contribution in [3.05, 3.63) is 36.3 Å². The van der Waals surface area contributed by atoms with Gasteiger partial charge in [0.25, 0.3) is 0 Å². The second-order valence-electron chi connectivity index (χ2n) is 5.98. The minimum absolute atomic E-state index is 0.132. The number of benzene rings is 1. The minimum Gasteiger partial charge on any atom is -0.349 e. The van der Waals surface area contributed by atoms with Crippen LogP contribution in [0.5, 0.6) is 0 Å². The lowest BCUT2D eigenvalue weighted by atomic mass is 10.2. The van der Waals surface area contributed by atoms with Gasteiger partial charge in [-0.25, -0.2) is 4.98 Å². The van der Waals surface area contributed by atoms with Crippen molar-refractivity contribution in [1.82, 2.24) is 19.4 Å². The first-order chi connectivity index (χ1) is 11.1. The van der Waals surface area contributed by atoms with E-state index in [-0.39, 0.29) is 5.91 Å². The Morgan fingerprint density at radius 1 is 1.22 bits per heavy atom. The lowest BCUT2D eigenvalue weighted by Gasteiger charge is -2.13. The first-order valence-electron chi connectivity index (χ1n) is 8.04. The predicted molar refractivity (Wildman–Crippen MR) is 92.3 cm³/mol. The summed E-state index contributed by atoms with van der Waals surface area (Å²) in [5, 5.41) is 1.09. The highest BCUT2D eigenvalue weighted by Crippen LogP contribution is 2.25. The van der Waals surface area contributed by atoms with Crippen LogP contribution in [0.3, 0.4) is 0 Å². The van der Waals surface area contributed by atoms with Gasteiger partial charge in [0.05, 0.1) is 17.2 Å². The number of hydrogen-bond acceptors (Lipinski definition) is 3. The monoisotopic (exact) mass is 310 g/mol. The largest absolute Gasteiger partial charge is 0.349 e. The van der Waals surface area contributed by atoms with Gasteiger partial charge in [0.15, 0.2) is 0 Å². The van der Waals surface area contributed by atoms with Gasteiger partial charge in [-0.05, 0) is 12.5 Å². The number of imidazole rings is 1. The van der Waals surface area contributed by atoms with Gasteiger partial charge in [-0.2, -0.15) is 0 Å². The molecule has 0 spiro atoms. The Bertz CT molecular complexity index is 851. The average Bonchev–Trinajstić information content (AvgIpc) is 2.90. The van der Waals surface area contributed by atoms with Crippen LogP contribution in [0, 0.1) is 0 Å². The van der Waals surface area contributed by atoms with Crippen LogP contribution >= 0.6 is 0 Å².